The molecule has 1 heterocycles. The van der Waals surface area contributed by atoms with E-state index in [0.29, 0.717) is 19.1 Å². The van der Waals surface area contributed by atoms with E-state index < -0.39 is 10.0 Å². The lowest BCUT2D eigenvalue weighted by Gasteiger charge is -2.23. The molecule has 0 atom stereocenters. The fourth-order valence-corrected chi connectivity index (χ4v) is 3.78. The molecule has 0 unspecified atom stereocenters. The Morgan fingerprint density at radius 1 is 1.33 bits per heavy atom. The molecule has 21 heavy (non-hydrogen) atoms. The molecule has 6 nitrogen and oxygen atoms in total. The third-order valence-corrected chi connectivity index (χ3v) is 5.32. The van der Waals surface area contributed by atoms with Gasteiger partial charge in [0.25, 0.3) is 0 Å². The van der Waals surface area contributed by atoms with Crippen molar-refractivity contribution in [3.63, 3.8) is 0 Å². The highest BCUT2D eigenvalue weighted by molar-refractivity contribution is 7.89. The third kappa shape index (κ3) is 5.09. The van der Waals surface area contributed by atoms with E-state index in [1.54, 1.807) is 10.9 Å². The molecule has 0 aliphatic heterocycles. The van der Waals surface area contributed by atoms with Gasteiger partial charge in [-0.05, 0) is 26.8 Å². The Bertz CT molecular complexity index is 523. The van der Waals surface area contributed by atoms with Crippen LogP contribution in [-0.2, 0) is 16.6 Å². The molecule has 0 saturated carbocycles. The van der Waals surface area contributed by atoms with E-state index in [4.69, 9.17) is 0 Å². The average molecular weight is 316 g/mol. The van der Waals surface area contributed by atoms with Crippen LogP contribution in [0.25, 0.3) is 0 Å². The number of sulfonamides is 1. The van der Waals surface area contributed by atoms with Crippen LogP contribution < -0.4 is 5.32 Å². The van der Waals surface area contributed by atoms with Crippen molar-refractivity contribution >= 4 is 10.0 Å². The van der Waals surface area contributed by atoms with Crippen LogP contribution in [0.2, 0.25) is 0 Å². The van der Waals surface area contributed by atoms with Crippen LogP contribution in [0, 0.1) is 0 Å². The standard InChI is InChI=1S/C14H28N4O2S/c1-6-18(13(4)5)21(19,20)14-10-16-17(11-14)9-7-8-15-12(2)3/h10-13,15H,6-9H2,1-5H3. The second kappa shape index (κ2) is 7.91. The van der Waals surface area contributed by atoms with Gasteiger partial charge < -0.3 is 5.32 Å². The Morgan fingerprint density at radius 3 is 2.52 bits per heavy atom. The van der Waals surface area contributed by atoms with Gasteiger partial charge in [0.2, 0.25) is 10.0 Å². The second-order valence-electron chi connectivity index (χ2n) is 5.70. The lowest BCUT2D eigenvalue weighted by molar-refractivity contribution is 0.369. The molecule has 0 fully saturated rings. The van der Waals surface area contributed by atoms with E-state index in [-0.39, 0.29) is 10.9 Å². The Kier molecular flexibility index (Phi) is 6.83. The van der Waals surface area contributed by atoms with Crippen LogP contribution in [0.5, 0.6) is 0 Å². The summed E-state index contributed by atoms with van der Waals surface area (Å²) in [6, 6.07) is 0.404. The predicted octanol–water partition coefficient (Wildman–Crippen LogP) is 1.69. The average Bonchev–Trinajstić information content (AvgIpc) is 2.83. The van der Waals surface area contributed by atoms with Gasteiger partial charge >= 0.3 is 0 Å². The number of nitrogens with one attached hydrogen (secondary N) is 1. The van der Waals surface area contributed by atoms with Gasteiger partial charge in [-0.15, -0.1) is 0 Å². The smallest absolute Gasteiger partial charge is 0.246 e. The summed E-state index contributed by atoms with van der Waals surface area (Å²) in [7, 11) is -3.44. The normalized spacial score (nSPS) is 12.8. The van der Waals surface area contributed by atoms with Crippen LogP contribution in [0.4, 0.5) is 0 Å². The number of hydrogen-bond acceptors (Lipinski definition) is 4. The zero-order valence-electron chi connectivity index (χ0n) is 13.7. The summed E-state index contributed by atoms with van der Waals surface area (Å²) in [6.07, 6.45) is 3.98. The van der Waals surface area contributed by atoms with Gasteiger partial charge in [-0.2, -0.15) is 9.40 Å². The minimum Gasteiger partial charge on any atom is -0.314 e. The molecule has 0 saturated heterocycles. The number of hydrogen-bond donors (Lipinski definition) is 1. The largest absolute Gasteiger partial charge is 0.314 e. The lowest BCUT2D eigenvalue weighted by atomic mass is 10.3. The van der Waals surface area contributed by atoms with Crippen LogP contribution in [0.15, 0.2) is 17.3 Å². The van der Waals surface area contributed by atoms with Crippen molar-refractivity contribution in [2.24, 2.45) is 0 Å². The molecule has 0 spiro atoms. The highest BCUT2D eigenvalue weighted by Crippen LogP contribution is 2.17. The van der Waals surface area contributed by atoms with Gasteiger partial charge in [0.1, 0.15) is 4.90 Å². The molecule has 0 amide bonds. The first-order valence-electron chi connectivity index (χ1n) is 7.56. The van der Waals surface area contributed by atoms with Gasteiger partial charge in [-0.3, -0.25) is 4.68 Å². The Hall–Kier alpha value is -0.920. The van der Waals surface area contributed by atoms with Crippen molar-refractivity contribution in [3.8, 4) is 0 Å². The molecule has 122 valence electrons. The maximum atomic E-state index is 12.5. The van der Waals surface area contributed by atoms with E-state index in [9.17, 15) is 8.42 Å². The summed E-state index contributed by atoms with van der Waals surface area (Å²) in [5.74, 6) is 0. The van der Waals surface area contributed by atoms with Gasteiger partial charge in [-0.25, -0.2) is 8.42 Å². The van der Waals surface area contributed by atoms with Crippen molar-refractivity contribution in [1.82, 2.24) is 19.4 Å². The molecule has 1 N–H and O–H groups in total. The summed E-state index contributed by atoms with van der Waals surface area (Å²) < 4.78 is 28.2. The SMILES string of the molecule is CCN(C(C)C)S(=O)(=O)c1cnn(CCCNC(C)C)c1. The zero-order chi connectivity index (χ0) is 16.0. The predicted molar refractivity (Wildman–Crippen MR) is 84.7 cm³/mol. The summed E-state index contributed by atoms with van der Waals surface area (Å²) in [6.45, 7) is 11.9. The van der Waals surface area contributed by atoms with Gasteiger partial charge in [-0.1, -0.05) is 20.8 Å². The van der Waals surface area contributed by atoms with E-state index in [2.05, 4.69) is 24.3 Å². The molecule has 0 bridgehead atoms. The van der Waals surface area contributed by atoms with Crippen LogP contribution in [0.3, 0.4) is 0 Å². The van der Waals surface area contributed by atoms with Crippen LogP contribution in [-0.4, -0.2) is 47.7 Å². The summed E-state index contributed by atoms with van der Waals surface area (Å²) in [5.41, 5.74) is 0. The molecule has 0 radical (unpaired) electrons. The fourth-order valence-electron chi connectivity index (χ4n) is 2.18. The summed E-state index contributed by atoms with van der Waals surface area (Å²) in [4.78, 5) is 0.273. The van der Waals surface area contributed by atoms with Gasteiger partial charge in [0, 0.05) is 31.4 Å². The van der Waals surface area contributed by atoms with Crippen molar-refractivity contribution < 1.29 is 8.42 Å². The lowest BCUT2D eigenvalue weighted by Crippen LogP contribution is -2.36. The van der Waals surface area contributed by atoms with Crippen LogP contribution in [0.1, 0.15) is 41.0 Å². The fraction of sp³-hybridized carbons (Fsp3) is 0.786. The van der Waals surface area contributed by atoms with E-state index in [1.165, 1.54) is 10.5 Å². The number of nitrogens with zero attached hydrogens (tertiary/aromatic N) is 3. The van der Waals surface area contributed by atoms with Crippen molar-refractivity contribution in [3.05, 3.63) is 12.4 Å². The number of aromatic nitrogens is 2. The Balaban J connectivity index is 2.69. The van der Waals surface area contributed by atoms with Gasteiger partial charge in [0.05, 0.1) is 6.20 Å². The van der Waals surface area contributed by atoms with E-state index in [0.717, 1.165) is 13.0 Å². The first-order chi connectivity index (χ1) is 9.78. The van der Waals surface area contributed by atoms with E-state index in [1.807, 2.05) is 20.8 Å². The number of rotatable bonds is 9. The topological polar surface area (TPSA) is 67.2 Å². The van der Waals surface area contributed by atoms with Crippen molar-refractivity contribution in [2.45, 2.75) is 64.6 Å². The maximum Gasteiger partial charge on any atom is 0.246 e. The Labute approximate surface area is 128 Å². The quantitative estimate of drug-likeness (QED) is 0.704. The number of aryl methyl sites for hydroxylation is 1. The first-order valence-corrected chi connectivity index (χ1v) is 9.00. The minimum absolute atomic E-state index is 0.0569. The third-order valence-electron chi connectivity index (χ3n) is 3.22. The monoisotopic (exact) mass is 316 g/mol. The molecule has 1 rings (SSSR count). The minimum atomic E-state index is -3.44. The molecule has 7 heteroatoms. The van der Waals surface area contributed by atoms with Crippen molar-refractivity contribution in [2.75, 3.05) is 13.1 Å². The maximum absolute atomic E-state index is 12.5. The molecule has 1 aromatic heterocycles. The zero-order valence-corrected chi connectivity index (χ0v) is 14.5. The summed E-state index contributed by atoms with van der Waals surface area (Å²) >= 11 is 0. The molecular formula is C14H28N4O2S. The van der Waals surface area contributed by atoms with Crippen molar-refractivity contribution in [1.29, 1.82) is 0 Å². The Morgan fingerprint density at radius 2 is 2.00 bits per heavy atom. The molecular weight excluding hydrogens is 288 g/mol. The van der Waals surface area contributed by atoms with Crippen LogP contribution >= 0.6 is 0 Å². The first kappa shape index (κ1) is 18.1. The van der Waals surface area contributed by atoms with E-state index >= 15 is 0 Å². The molecule has 1 aromatic rings. The summed E-state index contributed by atoms with van der Waals surface area (Å²) in [5, 5.41) is 7.49. The molecule has 0 aromatic carbocycles. The highest BCUT2D eigenvalue weighted by Gasteiger charge is 2.26. The van der Waals surface area contributed by atoms with Gasteiger partial charge in [0.15, 0.2) is 0 Å². The molecule has 0 aliphatic carbocycles. The second-order valence-corrected chi connectivity index (χ2v) is 7.59. The molecule has 0 aliphatic rings. The highest BCUT2D eigenvalue weighted by atomic mass is 32.2.